The minimum Gasteiger partial charge on any atom is -0.480 e. The van der Waals surface area contributed by atoms with Crippen molar-refractivity contribution in [3.8, 4) is 5.00 Å². The second-order valence-corrected chi connectivity index (χ2v) is 10.00. The first-order valence-electron chi connectivity index (χ1n) is 8.87. The first kappa shape index (κ1) is 20.3. The molecule has 9 nitrogen and oxygen atoms in total. The molecule has 11 heteroatoms. The number of hydrogen-bond donors (Lipinski definition) is 3. The standard InChI is InChI=1S/C19H17N3O6S2/c1-11-16(12-5-3-2-4-6-12)19(11,18(25)26)21-30(27,28)15-8-7-14(29-15)22-10-13(9-20-22)17(23)24/h2-11,16,21H,1H3,(H,23,24)(H,25,26)/t11?,16-,19+/m1/s1. The molecule has 1 aromatic carbocycles. The fraction of sp³-hybridized carbons (Fsp3) is 0.211. The molecule has 1 unspecified atom stereocenters. The number of aromatic carboxylic acids is 1. The molecule has 1 aliphatic rings. The van der Waals surface area contributed by atoms with Crippen LogP contribution < -0.4 is 4.72 Å². The topological polar surface area (TPSA) is 139 Å². The van der Waals surface area contributed by atoms with E-state index in [9.17, 15) is 23.1 Å². The van der Waals surface area contributed by atoms with E-state index in [1.807, 2.05) is 0 Å². The number of carbonyl (C=O) groups is 2. The molecule has 2 heterocycles. The van der Waals surface area contributed by atoms with Gasteiger partial charge in [0.25, 0.3) is 10.0 Å². The van der Waals surface area contributed by atoms with Crippen LogP contribution in [0.5, 0.6) is 0 Å². The van der Waals surface area contributed by atoms with Crippen molar-refractivity contribution in [3.05, 3.63) is 66.0 Å². The number of carboxylic acids is 2. The highest BCUT2D eigenvalue weighted by Gasteiger charge is 2.70. The van der Waals surface area contributed by atoms with Crippen molar-refractivity contribution in [2.75, 3.05) is 0 Å². The molecular weight excluding hydrogens is 430 g/mol. The molecule has 0 radical (unpaired) electrons. The third-order valence-corrected chi connectivity index (χ3v) is 8.35. The zero-order chi connectivity index (χ0) is 21.7. The van der Waals surface area contributed by atoms with Crippen LogP contribution in [0.15, 0.2) is 59.1 Å². The third-order valence-electron chi connectivity index (χ3n) is 5.30. The van der Waals surface area contributed by atoms with Crippen molar-refractivity contribution in [1.82, 2.24) is 14.5 Å². The summed E-state index contributed by atoms with van der Waals surface area (Å²) in [5.41, 5.74) is -0.917. The molecule has 0 amide bonds. The van der Waals surface area contributed by atoms with Crippen LogP contribution in [0.25, 0.3) is 5.00 Å². The zero-order valence-electron chi connectivity index (χ0n) is 15.6. The van der Waals surface area contributed by atoms with Gasteiger partial charge < -0.3 is 10.2 Å². The van der Waals surface area contributed by atoms with Crippen molar-refractivity contribution in [1.29, 1.82) is 0 Å². The van der Waals surface area contributed by atoms with E-state index < -0.39 is 39.3 Å². The van der Waals surface area contributed by atoms with Crippen molar-refractivity contribution in [3.63, 3.8) is 0 Å². The zero-order valence-corrected chi connectivity index (χ0v) is 17.2. The summed E-state index contributed by atoms with van der Waals surface area (Å²) >= 11 is 0.861. The summed E-state index contributed by atoms with van der Waals surface area (Å²) < 4.78 is 29.5. The summed E-state index contributed by atoms with van der Waals surface area (Å²) in [5.74, 6) is -3.31. The lowest BCUT2D eigenvalue weighted by atomic mass is 10.1. The molecule has 0 saturated heterocycles. The second kappa shape index (κ2) is 7.04. The molecule has 3 aromatic rings. The van der Waals surface area contributed by atoms with Crippen molar-refractivity contribution in [2.45, 2.75) is 22.6 Å². The second-order valence-electron chi connectivity index (χ2n) is 7.03. The van der Waals surface area contributed by atoms with Gasteiger partial charge in [0.1, 0.15) is 14.7 Å². The maximum absolute atomic E-state index is 13.0. The first-order valence-corrected chi connectivity index (χ1v) is 11.2. The fourth-order valence-electron chi connectivity index (χ4n) is 3.71. The Bertz CT molecular complexity index is 1230. The van der Waals surface area contributed by atoms with Crippen molar-refractivity contribution in [2.24, 2.45) is 5.92 Å². The van der Waals surface area contributed by atoms with Gasteiger partial charge in [0, 0.05) is 12.1 Å². The summed E-state index contributed by atoms with van der Waals surface area (Å²) in [6.07, 6.45) is 2.43. The molecule has 156 valence electrons. The number of benzene rings is 1. The predicted octanol–water partition coefficient (Wildman–Crippen LogP) is 2.17. The Morgan fingerprint density at radius 3 is 2.47 bits per heavy atom. The average Bonchev–Trinajstić information content (AvgIpc) is 3.14. The minimum atomic E-state index is -4.14. The normalized spacial score (nSPS) is 23.2. The van der Waals surface area contributed by atoms with Crippen LogP contribution in [0.3, 0.4) is 0 Å². The number of aromatic nitrogens is 2. The highest BCUT2D eigenvalue weighted by molar-refractivity contribution is 7.91. The third kappa shape index (κ3) is 3.20. The van der Waals surface area contributed by atoms with Crippen LogP contribution in [-0.2, 0) is 14.8 Å². The van der Waals surface area contributed by atoms with E-state index in [4.69, 9.17) is 5.11 Å². The average molecular weight is 447 g/mol. The molecule has 0 spiro atoms. The van der Waals surface area contributed by atoms with E-state index in [0.717, 1.165) is 23.1 Å². The van der Waals surface area contributed by atoms with Gasteiger partial charge in [-0.1, -0.05) is 37.3 Å². The van der Waals surface area contributed by atoms with Gasteiger partial charge in [0.2, 0.25) is 0 Å². The maximum Gasteiger partial charge on any atom is 0.338 e. The molecule has 3 N–H and O–H groups in total. The highest BCUT2D eigenvalue weighted by atomic mass is 32.2. The van der Waals surface area contributed by atoms with E-state index in [1.165, 1.54) is 23.0 Å². The number of sulfonamides is 1. The SMILES string of the molecule is CC1[C@H](c2ccccc2)[C@]1(NS(=O)(=O)c1ccc(-n2cc(C(=O)O)cn2)s1)C(=O)O. The summed E-state index contributed by atoms with van der Waals surface area (Å²) in [6, 6.07) is 11.7. The number of nitrogens with zero attached hydrogens (tertiary/aromatic N) is 2. The van der Waals surface area contributed by atoms with Gasteiger partial charge in [-0.25, -0.2) is 17.9 Å². The van der Waals surface area contributed by atoms with Gasteiger partial charge in [-0.15, -0.1) is 11.3 Å². The van der Waals surface area contributed by atoms with E-state index in [0.29, 0.717) is 5.00 Å². The Balaban J connectivity index is 1.63. The number of aliphatic carboxylic acids is 1. The highest BCUT2D eigenvalue weighted by Crippen LogP contribution is 2.58. The van der Waals surface area contributed by atoms with Gasteiger partial charge in [-0.2, -0.15) is 9.82 Å². The first-order chi connectivity index (χ1) is 14.2. The van der Waals surface area contributed by atoms with Gasteiger partial charge in [-0.05, 0) is 23.6 Å². The molecule has 1 aliphatic carbocycles. The lowest BCUT2D eigenvalue weighted by Gasteiger charge is -2.15. The Labute approximate surface area is 175 Å². The summed E-state index contributed by atoms with van der Waals surface area (Å²) in [4.78, 5) is 23.1. The molecule has 2 aromatic heterocycles. The molecule has 1 fully saturated rings. The smallest absolute Gasteiger partial charge is 0.338 e. The van der Waals surface area contributed by atoms with Gasteiger partial charge in [0.15, 0.2) is 0 Å². The Morgan fingerprint density at radius 2 is 1.87 bits per heavy atom. The summed E-state index contributed by atoms with van der Waals surface area (Å²) in [7, 11) is -4.14. The molecule has 3 atom stereocenters. The van der Waals surface area contributed by atoms with Crippen LogP contribution >= 0.6 is 11.3 Å². The molecule has 4 rings (SSSR count). The molecular formula is C19H17N3O6S2. The van der Waals surface area contributed by atoms with Crippen LogP contribution in [0.1, 0.15) is 28.8 Å². The van der Waals surface area contributed by atoms with Crippen LogP contribution in [-0.4, -0.2) is 45.9 Å². The summed E-state index contributed by atoms with van der Waals surface area (Å²) in [6.45, 7) is 1.70. The predicted molar refractivity (Wildman–Crippen MR) is 107 cm³/mol. The largest absolute Gasteiger partial charge is 0.480 e. The minimum absolute atomic E-state index is 0.0340. The van der Waals surface area contributed by atoms with Crippen LogP contribution in [0, 0.1) is 5.92 Å². The van der Waals surface area contributed by atoms with E-state index in [2.05, 4.69) is 9.82 Å². The van der Waals surface area contributed by atoms with Gasteiger partial charge in [0.05, 0.1) is 11.8 Å². The van der Waals surface area contributed by atoms with Crippen LogP contribution in [0.2, 0.25) is 0 Å². The quantitative estimate of drug-likeness (QED) is 0.504. The molecule has 1 saturated carbocycles. The Morgan fingerprint density at radius 1 is 1.17 bits per heavy atom. The molecule has 0 aliphatic heterocycles. The van der Waals surface area contributed by atoms with E-state index in [1.54, 1.807) is 37.3 Å². The Hall–Kier alpha value is -3.02. The number of rotatable bonds is 7. The fourth-order valence-corrected chi connectivity index (χ4v) is 6.39. The summed E-state index contributed by atoms with van der Waals surface area (Å²) in [5, 5.41) is 23.2. The molecule has 30 heavy (non-hydrogen) atoms. The van der Waals surface area contributed by atoms with Gasteiger partial charge in [-0.3, -0.25) is 4.79 Å². The van der Waals surface area contributed by atoms with Crippen molar-refractivity contribution >= 4 is 33.3 Å². The molecule has 0 bridgehead atoms. The van der Waals surface area contributed by atoms with Crippen molar-refractivity contribution < 1.29 is 28.2 Å². The van der Waals surface area contributed by atoms with Crippen LogP contribution in [0.4, 0.5) is 0 Å². The van der Waals surface area contributed by atoms with E-state index in [-0.39, 0.29) is 9.77 Å². The lowest BCUT2D eigenvalue weighted by molar-refractivity contribution is -0.140. The number of thiophene rings is 1. The number of carboxylic acid groups (broad SMARTS) is 2. The van der Waals surface area contributed by atoms with Gasteiger partial charge >= 0.3 is 11.9 Å². The van der Waals surface area contributed by atoms with E-state index >= 15 is 0 Å². The Kier molecular flexibility index (Phi) is 4.76. The maximum atomic E-state index is 13.0. The monoisotopic (exact) mass is 447 g/mol. The number of hydrogen-bond acceptors (Lipinski definition) is 6. The number of nitrogens with one attached hydrogen (secondary N) is 1. The lowest BCUT2D eigenvalue weighted by Crippen LogP contribution is -2.45.